The highest BCUT2D eigenvalue weighted by molar-refractivity contribution is 5.81. The number of piperidine rings is 1. The van der Waals surface area contributed by atoms with Crippen LogP contribution in [0.2, 0.25) is 0 Å². The van der Waals surface area contributed by atoms with E-state index in [0.717, 1.165) is 19.3 Å². The monoisotopic (exact) mass is 196 g/mol. The summed E-state index contributed by atoms with van der Waals surface area (Å²) in [4.78, 5) is 13.4. The molecule has 0 spiro atoms. The van der Waals surface area contributed by atoms with Crippen LogP contribution in [0.15, 0.2) is 0 Å². The van der Waals surface area contributed by atoms with E-state index in [1.165, 1.54) is 7.11 Å². The van der Waals surface area contributed by atoms with Crippen molar-refractivity contribution in [2.75, 3.05) is 13.7 Å². The van der Waals surface area contributed by atoms with Crippen molar-refractivity contribution in [3.8, 4) is 6.07 Å². The van der Waals surface area contributed by atoms with Crippen molar-refractivity contribution in [2.24, 2.45) is 0 Å². The fourth-order valence-corrected chi connectivity index (χ4v) is 1.66. The van der Waals surface area contributed by atoms with Gasteiger partial charge in [0.25, 0.3) is 5.91 Å². The Morgan fingerprint density at radius 1 is 1.64 bits per heavy atom. The number of hydrogen-bond acceptors (Lipinski definition) is 3. The average Bonchev–Trinajstić information content (AvgIpc) is 2.26. The van der Waals surface area contributed by atoms with Crippen molar-refractivity contribution in [1.29, 1.82) is 5.26 Å². The van der Waals surface area contributed by atoms with E-state index >= 15 is 0 Å². The van der Waals surface area contributed by atoms with Crippen molar-refractivity contribution >= 4 is 5.91 Å². The molecule has 1 fully saturated rings. The molecule has 0 aliphatic carbocycles. The van der Waals surface area contributed by atoms with Crippen LogP contribution in [0, 0.1) is 11.3 Å². The second kappa shape index (κ2) is 4.97. The highest BCUT2D eigenvalue weighted by atomic mass is 16.5. The number of carbonyl (C=O) groups excluding carboxylic acids is 1. The van der Waals surface area contributed by atoms with E-state index in [0.29, 0.717) is 6.54 Å². The Hall–Kier alpha value is -1.08. The van der Waals surface area contributed by atoms with Crippen molar-refractivity contribution in [3.63, 3.8) is 0 Å². The lowest BCUT2D eigenvalue weighted by Crippen LogP contribution is -2.47. The van der Waals surface area contributed by atoms with Gasteiger partial charge in [0.1, 0.15) is 12.1 Å². The predicted octanol–water partition coefficient (Wildman–Crippen LogP) is 0.926. The summed E-state index contributed by atoms with van der Waals surface area (Å²) in [5.74, 6) is -0.0706. The predicted molar refractivity (Wildman–Crippen MR) is 51.4 cm³/mol. The first-order chi connectivity index (χ1) is 6.70. The van der Waals surface area contributed by atoms with Crippen molar-refractivity contribution < 1.29 is 9.53 Å². The van der Waals surface area contributed by atoms with E-state index < -0.39 is 6.10 Å². The van der Waals surface area contributed by atoms with E-state index in [4.69, 9.17) is 10.00 Å². The molecular formula is C10H16N2O2. The van der Waals surface area contributed by atoms with E-state index in [1.807, 2.05) is 0 Å². The molecule has 1 amide bonds. The van der Waals surface area contributed by atoms with Gasteiger partial charge in [-0.15, -0.1) is 0 Å². The van der Waals surface area contributed by atoms with Gasteiger partial charge in [-0.2, -0.15) is 5.26 Å². The summed E-state index contributed by atoms with van der Waals surface area (Å²) in [6, 6.07) is 1.91. The van der Waals surface area contributed by atoms with Crippen LogP contribution in [0.25, 0.3) is 0 Å². The number of methoxy groups -OCH3 is 1. The van der Waals surface area contributed by atoms with Crippen LogP contribution in [0.4, 0.5) is 0 Å². The van der Waals surface area contributed by atoms with Gasteiger partial charge in [0.2, 0.25) is 0 Å². The van der Waals surface area contributed by atoms with Crippen LogP contribution < -0.4 is 0 Å². The molecule has 2 atom stereocenters. The minimum absolute atomic E-state index is 0.0706. The number of nitrogens with zero attached hydrogens (tertiary/aromatic N) is 2. The zero-order valence-corrected chi connectivity index (χ0v) is 8.69. The highest BCUT2D eigenvalue weighted by Gasteiger charge is 2.29. The van der Waals surface area contributed by atoms with E-state index in [9.17, 15) is 4.79 Å². The lowest BCUT2D eigenvalue weighted by atomic mass is 10.0. The molecule has 14 heavy (non-hydrogen) atoms. The SMILES string of the molecule is COC(C)C(=O)N1CCCCC1C#N. The molecule has 4 heteroatoms. The van der Waals surface area contributed by atoms with Crippen LogP contribution >= 0.6 is 0 Å². The maximum Gasteiger partial charge on any atom is 0.252 e. The second-order valence-electron chi connectivity index (χ2n) is 3.55. The molecule has 1 aliphatic heterocycles. The number of rotatable bonds is 2. The molecule has 2 unspecified atom stereocenters. The Kier molecular flexibility index (Phi) is 3.90. The largest absolute Gasteiger partial charge is 0.372 e. The van der Waals surface area contributed by atoms with Crippen molar-refractivity contribution in [1.82, 2.24) is 4.90 Å². The third-order valence-electron chi connectivity index (χ3n) is 2.64. The molecular weight excluding hydrogens is 180 g/mol. The molecule has 0 aromatic heterocycles. The fourth-order valence-electron chi connectivity index (χ4n) is 1.66. The fraction of sp³-hybridized carbons (Fsp3) is 0.800. The number of carbonyl (C=O) groups is 1. The Morgan fingerprint density at radius 2 is 2.36 bits per heavy atom. The highest BCUT2D eigenvalue weighted by Crippen LogP contribution is 2.17. The van der Waals surface area contributed by atoms with Gasteiger partial charge < -0.3 is 9.64 Å². The first kappa shape index (κ1) is 11.0. The van der Waals surface area contributed by atoms with Crippen LogP contribution in [-0.4, -0.2) is 36.6 Å². The third-order valence-corrected chi connectivity index (χ3v) is 2.64. The zero-order valence-electron chi connectivity index (χ0n) is 8.69. The molecule has 0 aromatic rings. The maximum absolute atomic E-state index is 11.7. The number of hydrogen-bond donors (Lipinski definition) is 0. The number of amides is 1. The molecule has 1 saturated heterocycles. The van der Waals surface area contributed by atoms with Gasteiger partial charge in [-0.3, -0.25) is 4.79 Å². The first-order valence-electron chi connectivity index (χ1n) is 4.93. The molecule has 1 heterocycles. The van der Waals surface area contributed by atoms with Crippen LogP contribution in [0.5, 0.6) is 0 Å². The van der Waals surface area contributed by atoms with Gasteiger partial charge in [0.05, 0.1) is 6.07 Å². The molecule has 78 valence electrons. The summed E-state index contributed by atoms with van der Waals surface area (Å²) in [7, 11) is 1.51. The van der Waals surface area contributed by atoms with Crippen LogP contribution in [0.3, 0.4) is 0 Å². The van der Waals surface area contributed by atoms with Gasteiger partial charge in [0.15, 0.2) is 0 Å². The number of nitriles is 1. The molecule has 1 rings (SSSR count). The minimum atomic E-state index is -0.441. The average molecular weight is 196 g/mol. The summed E-state index contributed by atoms with van der Waals surface area (Å²) < 4.78 is 4.96. The molecule has 0 N–H and O–H groups in total. The van der Waals surface area contributed by atoms with Gasteiger partial charge in [0, 0.05) is 13.7 Å². The Balaban J connectivity index is 2.64. The summed E-state index contributed by atoms with van der Waals surface area (Å²) in [5, 5.41) is 8.88. The maximum atomic E-state index is 11.7. The van der Waals surface area contributed by atoms with Gasteiger partial charge in [-0.05, 0) is 26.2 Å². The van der Waals surface area contributed by atoms with E-state index in [2.05, 4.69) is 6.07 Å². The minimum Gasteiger partial charge on any atom is -0.372 e. The molecule has 1 aliphatic rings. The summed E-state index contributed by atoms with van der Waals surface area (Å²) in [5.41, 5.74) is 0. The Morgan fingerprint density at radius 3 is 2.93 bits per heavy atom. The lowest BCUT2D eigenvalue weighted by molar-refractivity contribution is -0.143. The molecule has 0 saturated carbocycles. The zero-order chi connectivity index (χ0) is 10.6. The van der Waals surface area contributed by atoms with Gasteiger partial charge >= 0.3 is 0 Å². The number of ether oxygens (including phenoxy) is 1. The molecule has 4 nitrogen and oxygen atoms in total. The summed E-state index contributed by atoms with van der Waals surface area (Å²) >= 11 is 0. The van der Waals surface area contributed by atoms with Crippen molar-refractivity contribution in [2.45, 2.75) is 38.3 Å². The van der Waals surface area contributed by atoms with Crippen molar-refractivity contribution in [3.05, 3.63) is 0 Å². The van der Waals surface area contributed by atoms with Gasteiger partial charge in [-0.25, -0.2) is 0 Å². The second-order valence-corrected chi connectivity index (χ2v) is 3.55. The van der Waals surface area contributed by atoms with Crippen LogP contribution in [0.1, 0.15) is 26.2 Å². The first-order valence-corrected chi connectivity index (χ1v) is 4.93. The topological polar surface area (TPSA) is 53.3 Å². The Bertz CT molecular complexity index is 247. The lowest BCUT2D eigenvalue weighted by Gasteiger charge is -2.32. The molecule has 0 bridgehead atoms. The summed E-state index contributed by atoms with van der Waals surface area (Å²) in [6.45, 7) is 2.40. The smallest absolute Gasteiger partial charge is 0.252 e. The third kappa shape index (κ3) is 2.24. The standard InChI is InChI=1S/C10H16N2O2/c1-8(14-2)10(13)12-6-4-3-5-9(12)7-11/h8-9H,3-6H2,1-2H3. The number of likely N-dealkylation sites (tertiary alicyclic amines) is 1. The normalized spacial score (nSPS) is 24.1. The molecule has 0 aromatic carbocycles. The van der Waals surface area contributed by atoms with Crippen LogP contribution in [-0.2, 0) is 9.53 Å². The quantitative estimate of drug-likeness (QED) is 0.660. The van der Waals surface area contributed by atoms with E-state index in [-0.39, 0.29) is 11.9 Å². The van der Waals surface area contributed by atoms with Gasteiger partial charge in [-0.1, -0.05) is 0 Å². The summed E-state index contributed by atoms with van der Waals surface area (Å²) in [6.07, 6.45) is 2.37. The Labute approximate surface area is 84.4 Å². The van der Waals surface area contributed by atoms with E-state index in [1.54, 1.807) is 11.8 Å². The molecule has 0 radical (unpaired) electrons.